The first-order chi connectivity index (χ1) is 18.6. The van der Waals surface area contributed by atoms with Gasteiger partial charge in [0, 0.05) is 31.3 Å². The summed E-state index contributed by atoms with van der Waals surface area (Å²) in [6.07, 6.45) is 5.68. The highest BCUT2D eigenvalue weighted by Crippen LogP contribution is 2.23. The van der Waals surface area contributed by atoms with Crippen molar-refractivity contribution in [3.8, 4) is 5.75 Å². The second kappa shape index (κ2) is 17.8. The molecule has 0 saturated carbocycles. The van der Waals surface area contributed by atoms with Crippen LogP contribution in [0.15, 0.2) is 42.5 Å². The molecule has 0 bridgehead atoms. The smallest absolute Gasteiger partial charge is 0.302 e. The Morgan fingerprint density at radius 3 is 2.46 bits per heavy atom. The quantitative estimate of drug-likeness (QED) is 0.140. The zero-order valence-electron chi connectivity index (χ0n) is 22.9. The minimum atomic E-state index is -3.30. The molecule has 0 aliphatic carbocycles. The molecule has 0 amide bonds. The van der Waals surface area contributed by atoms with Crippen molar-refractivity contribution in [1.29, 1.82) is 0 Å². The molecule has 0 saturated heterocycles. The number of rotatable bonds is 20. The van der Waals surface area contributed by atoms with Crippen LogP contribution in [-0.2, 0) is 42.2 Å². The first-order valence-electron chi connectivity index (χ1n) is 13.2. The van der Waals surface area contributed by atoms with Crippen LogP contribution < -0.4 is 10.0 Å². The highest BCUT2D eigenvalue weighted by Gasteiger charge is 2.11. The second-order valence-electron chi connectivity index (χ2n) is 9.40. The summed E-state index contributed by atoms with van der Waals surface area (Å²) in [6.45, 7) is 4.54. The molecule has 0 aromatic heterocycles. The van der Waals surface area contributed by atoms with Gasteiger partial charge in [-0.25, -0.2) is 8.42 Å². The highest BCUT2D eigenvalue weighted by atomic mass is 32.2. The van der Waals surface area contributed by atoms with Gasteiger partial charge in [-0.3, -0.25) is 9.52 Å². The number of anilines is 1. The fourth-order valence-corrected chi connectivity index (χ4v) is 4.35. The number of phenolic OH excluding ortho intramolecular Hbond substituents is 1. The van der Waals surface area contributed by atoms with E-state index < -0.39 is 22.1 Å². The van der Waals surface area contributed by atoms with Crippen LogP contribution in [0.3, 0.4) is 0 Å². The summed E-state index contributed by atoms with van der Waals surface area (Å²) in [6, 6.07) is 11.9. The number of hydrogen-bond acceptors (Lipinski definition) is 9. The molecule has 0 spiro atoms. The predicted octanol–water partition coefficient (Wildman–Crippen LogP) is 3.63. The molecule has 4 N–H and O–H groups in total. The lowest BCUT2D eigenvalue weighted by Gasteiger charge is -2.14. The normalized spacial score (nSPS) is 12.3. The largest absolute Gasteiger partial charge is 0.508 e. The third-order valence-corrected chi connectivity index (χ3v) is 6.38. The van der Waals surface area contributed by atoms with Crippen LogP contribution in [0.1, 0.15) is 61.8 Å². The summed E-state index contributed by atoms with van der Waals surface area (Å²) < 4.78 is 41.3. The summed E-state index contributed by atoms with van der Waals surface area (Å²) in [5.74, 6) is -0.397. The van der Waals surface area contributed by atoms with E-state index in [2.05, 4.69) is 10.0 Å². The Morgan fingerprint density at radius 2 is 1.69 bits per heavy atom. The SMILES string of the molecule is CC(=O)OCc1cc([C@@H](O)CNCCCCCCCOCCOCc2cccc(NS(C)(=O)=O)c2)ccc1O. The Balaban J connectivity index is 1.44. The van der Waals surface area contributed by atoms with Crippen LogP contribution in [0.4, 0.5) is 5.69 Å². The van der Waals surface area contributed by atoms with Gasteiger partial charge in [-0.15, -0.1) is 0 Å². The lowest BCUT2D eigenvalue weighted by Crippen LogP contribution is -2.22. The number of hydrogen-bond donors (Lipinski definition) is 4. The zero-order chi connectivity index (χ0) is 28.5. The molecule has 2 aromatic rings. The minimum Gasteiger partial charge on any atom is -0.508 e. The molecular weight excluding hydrogens is 524 g/mol. The van der Waals surface area contributed by atoms with Gasteiger partial charge in [-0.1, -0.05) is 37.5 Å². The number of esters is 1. The number of aliphatic hydroxyl groups excluding tert-OH is 1. The Bertz CT molecular complexity index is 1110. The second-order valence-corrected chi connectivity index (χ2v) is 11.1. The fraction of sp³-hybridized carbons (Fsp3) is 0.536. The van der Waals surface area contributed by atoms with Gasteiger partial charge in [0.1, 0.15) is 12.4 Å². The van der Waals surface area contributed by atoms with Gasteiger partial charge in [-0.2, -0.15) is 0 Å². The van der Waals surface area contributed by atoms with Crippen molar-refractivity contribution in [3.63, 3.8) is 0 Å². The third-order valence-electron chi connectivity index (χ3n) is 5.77. The van der Waals surface area contributed by atoms with E-state index in [1.165, 1.54) is 13.0 Å². The fourth-order valence-electron chi connectivity index (χ4n) is 3.80. The van der Waals surface area contributed by atoms with E-state index in [-0.39, 0.29) is 12.4 Å². The number of carbonyl (C=O) groups is 1. The van der Waals surface area contributed by atoms with Gasteiger partial charge in [-0.05, 0) is 54.8 Å². The first kappa shape index (κ1) is 32.5. The molecule has 0 heterocycles. The van der Waals surface area contributed by atoms with Crippen molar-refractivity contribution in [3.05, 3.63) is 59.2 Å². The van der Waals surface area contributed by atoms with E-state index >= 15 is 0 Å². The van der Waals surface area contributed by atoms with Gasteiger partial charge in [0.05, 0.1) is 32.2 Å². The Hall–Kier alpha value is -2.70. The molecule has 11 heteroatoms. The standard InChI is InChI=1S/C28H42N2O8S/c1-22(31)38-21-25-18-24(11-12-27(25)32)28(33)19-29-13-6-4-3-5-7-14-36-15-16-37-20-23-9-8-10-26(17-23)30-39(2,34)35/h8-12,17-18,28-30,32-33H,3-7,13-16,19-21H2,1-2H3/t28-/m0/s1. The van der Waals surface area contributed by atoms with E-state index in [4.69, 9.17) is 14.2 Å². The molecule has 1 atom stereocenters. The number of sulfonamides is 1. The van der Waals surface area contributed by atoms with Crippen molar-refractivity contribution in [2.24, 2.45) is 0 Å². The summed E-state index contributed by atoms with van der Waals surface area (Å²) >= 11 is 0. The molecular formula is C28H42N2O8S. The van der Waals surface area contributed by atoms with Crippen LogP contribution in [0, 0.1) is 0 Å². The van der Waals surface area contributed by atoms with E-state index in [0.717, 1.165) is 50.5 Å². The van der Waals surface area contributed by atoms with E-state index in [9.17, 15) is 23.4 Å². The average molecular weight is 567 g/mol. The summed E-state index contributed by atoms with van der Waals surface area (Å²) in [5.41, 5.74) is 2.53. The maximum Gasteiger partial charge on any atom is 0.302 e. The Kier molecular flexibility index (Phi) is 14.8. The van der Waals surface area contributed by atoms with E-state index in [1.54, 1.807) is 30.3 Å². The molecule has 0 unspecified atom stereocenters. The number of benzene rings is 2. The Labute approximate surface area is 231 Å². The molecule has 10 nitrogen and oxygen atoms in total. The molecule has 0 aliphatic rings. The van der Waals surface area contributed by atoms with Gasteiger partial charge >= 0.3 is 5.97 Å². The monoisotopic (exact) mass is 566 g/mol. The number of carbonyl (C=O) groups excluding carboxylic acids is 1. The van der Waals surface area contributed by atoms with Crippen LogP contribution in [0.2, 0.25) is 0 Å². The number of ether oxygens (including phenoxy) is 3. The van der Waals surface area contributed by atoms with Gasteiger partial charge in [0.25, 0.3) is 0 Å². The molecule has 2 rings (SSSR count). The molecule has 218 valence electrons. The minimum absolute atomic E-state index is 0.0303. The van der Waals surface area contributed by atoms with E-state index in [0.29, 0.717) is 49.8 Å². The number of aromatic hydroxyl groups is 1. The number of nitrogens with one attached hydrogen (secondary N) is 2. The van der Waals surface area contributed by atoms with Crippen molar-refractivity contribution < 1.29 is 37.6 Å². The summed E-state index contributed by atoms with van der Waals surface area (Å²) in [4.78, 5) is 11.0. The third kappa shape index (κ3) is 14.9. The van der Waals surface area contributed by atoms with Gasteiger partial charge < -0.3 is 29.7 Å². The van der Waals surface area contributed by atoms with Crippen molar-refractivity contribution in [2.75, 3.05) is 43.9 Å². The topological polar surface area (TPSA) is 143 Å². The summed E-state index contributed by atoms with van der Waals surface area (Å²) in [7, 11) is -3.30. The average Bonchev–Trinajstić information content (AvgIpc) is 2.87. The molecule has 0 aliphatic heterocycles. The molecule has 39 heavy (non-hydrogen) atoms. The van der Waals surface area contributed by atoms with Crippen LogP contribution >= 0.6 is 0 Å². The molecule has 2 aromatic carbocycles. The van der Waals surface area contributed by atoms with E-state index in [1.807, 2.05) is 6.07 Å². The predicted molar refractivity (Wildman–Crippen MR) is 150 cm³/mol. The maximum atomic E-state index is 11.3. The number of aliphatic hydroxyl groups is 1. The number of phenols is 1. The molecule has 0 fully saturated rings. The van der Waals surface area contributed by atoms with Crippen molar-refractivity contribution >= 4 is 21.7 Å². The summed E-state index contributed by atoms with van der Waals surface area (Å²) in [5, 5.41) is 23.5. The maximum absolute atomic E-state index is 11.3. The highest BCUT2D eigenvalue weighted by molar-refractivity contribution is 7.92. The van der Waals surface area contributed by atoms with Crippen LogP contribution in [0.5, 0.6) is 5.75 Å². The lowest BCUT2D eigenvalue weighted by atomic mass is 10.1. The van der Waals surface area contributed by atoms with Crippen LogP contribution in [-0.4, -0.2) is 63.8 Å². The lowest BCUT2D eigenvalue weighted by molar-refractivity contribution is -0.142. The van der Waals surface area contributed by atoms with Gasteiger partial charge in [0.2, 0.25) is 10.0 Å². The molecule has 0 radical (unpaired) electrons. The van der Waals surface area contributed by atoms with Gasteiger partial charge in [0.15, 0.2) is 0 Å². The first-order valence-corrected chi connectivity index (χ1v) is 15.1. The van der Waals surface area contributed by atoms with Crippen molar-refractivity contribution in [1.82, 2.24) is 5.32 Å². The number of unbranched alkanes of at least 4 members (excludes halogenated alkanes) is 4. The van der Waals surface area contributed by atoms with Crippen molar-refractivity contribution in [2.45, 2.75) is 58.3 Å². The van der Waals surface area contributed by atoms with Crippen LogP contribution in [0.25, 0.3) is 0 Å². The Morgan fingerprint density at radius 1 is 0.949 bits per heavy atom. The zero-order valence-corrected chi connectivity index (χ0v) is 23.7.